The van der Waals surface area contributed by atoms with E-state index in [1.165, 1.54) is 11.0 Å². The predicted octanol–water partition coefficient (Wildman–Crippen LogP) is 0.778. The molecule has 7 nitrogen and oxygen atoms in total. The summed E-state index contributed by atoms with van der Waals surface area (Å²) in [5.74, 6) is 1.24. The lowest BCUT2D eigenvalue weighted by atomic mass is 10.2. The molecule has 8 heteroatoms. The van der Waals surface area contributed by atoms with Crippen LogP contribution in [-0.2, 0) is 0 Å². The summed E-state index contributed by atoms with van der Waals surface area (Å²) in [4.78, 5) is 0. The lowest BCUT2D eigenvalue weighted by Crippen LogP contribution is -2.17. The Hall–Kier alpha value is -1.83. The van der Waals surface area contributed by atoms with Crippen molar-refractivity contribution in [2.24, 2.45) is 0 Å². The third-order valence-electron chi connectivity index (χ3n) is 2.39. The molecule has 0 bridgehead atoms. The fraction of sp³-hybridized carbons (Fsp3) is 0.222. The number of nitrogen functional groups attached to an aromatic ring is 1. The number of nitrogens with zero attached hydrogens (tertiary/aromatic N) is 4. The molecule has 0 saturated carbocycles. The van der Waals surface area contributed by atoms with Gasteiger partial charge in [0.05, 0.1) is 15.8 Å². The van der Waals surface area contributed by atoms with E-state index in [0.29, 0.717) is 40.6 Å². The summed E-state index contributed by atoms with van der Waals surface area (Å²) < 4.78 is 13.1. The molecule has 0 atom stereocenters. The van der Waals surface area contributed by atoms with Crippen LogP contribution in [0, 0.1) is 0 Å². The molecule has 0 radical (unpaired) electrons. The Balaban J connectivity index is 2.21. The van der Waals surface area contributed by atoms with Crippen LogP contribution in [0.15, 0.2) is 16.9 Å². The molecule has 88 valence electrons. The van der Waals surface area contributed by atoms with E-state index in [-0.39, 0.29) is 0 Å². The number of fused-ring (bicyclic) bond motifs is 1. The van der Waals surface area contributed by atoms with Crippen LogP contribution in [0.3, 0.4) is 0 Å². The fourth-order valence-corrected chi connectivity index (χ4v) is 2.12. The lowest BCUT2D eigenvalue weighted by molar-refractivity contribution is 0.170. The van der Waals surface area contributed by atoms with Crippen molar-refractivity contribution >= 4 is 21.6 Å². The van der Waals surface area contributed by atoms with Crippen molar-refractivity contribution in [3.63, 3.8) is 0 Å². The first-order valence-electron chi connectivity index (χ1n) is 4.88. The molecule has 0 fully saturated rings. The van der Waals surface area contributed by atoms with Crippen LogP contribution in [0.4, 0.5) is 5.69 Å². The molecule has 0 unspecified atom stereocenters. The Morgan fingerprint density at radius 3 is 2.94 bits per heavy atom. The largest absolute Gasteiger partial charge is 0.486 e. The molecule has 0 amide bonds. The third kappa shape index (κ3) is 1.60. The van der Waals surface area contributed by atoms with Crippen LogP contribution >= 0.6 is 15.9 Å². The Labute approximate surface area is 105 Å². The number of hydrogen-bond donors (Lipinski definition) is 1. The molecule has 3 rings (SSSR count). The van der Waals surface area contributed by atoms with Gasteiger partial charge in [-0.05, 0) is 26.4 Å². The highest BCUT2D eigenvalue weighted by Gasteiger charge is 2.21. The molecular formula is C9H8BrN5O2. The molecule has 1 aliphatic rings. The summed E-state index contributed by atoms with van der Waals surface area (Å²) in [6.45, 7) is 1.02. The maximum Gasteiger partial charge on any atom is 0.177 e. The lowest BCUT2D eigenvalue weighted by Gasteiger charge is -2.21. The minimum Gasteiger partial charge on any atom is -0.486 e. The second-order valence-corrected chi connectivity index (χ2v) is 4.19. The average Bonchev–Trinajstić information content (AvgIpc) is 2.87. The standard InChI is InChI=1S/C9H8BrN5O2/c10-7-8(11)5(15-4-12-13-14-15)3-6-9(7)17-2-1-16-6/h3-4H,1-2,11H2. The number of hydrogen-bond acceptors (Lipinski definition) is 6. The highest BCUT2D eigenvalue weighted by Crippen LogP contribution is 2.43. The number of anilines is 1. The van der Waals surface area contributed by atoms with Gasteiger partial charge in [0.25, 0.3) is 0 Å². The highest BCUT2D eigenvalue weighted by atomic mass is 79.9. The van der Waals surface area contributed by atoms with Crippen LogP contribution in [0.2, 0.25) is 0 Å². The Morgan fingerprint density at radius 1 is 1.35 bits per heavy atom. The summed E-state index contributed by atoms with van der Waals surface area (Å²) in [5.41, 5.74) is 7.15. The van der Waals surface area contributed by atoms with E-state index in [9.17, 15) is 0 Å². The maximum atomic E-state index is 6.00. The van der Waals surface area contributed by atoms with E-state index < -0.39 is 0 Å². The van der Waals surface area contributed by atoms with Gasteiger partial charge in [-0.3, -0.25) is 0 Å². The van der Waals surface area contributed by atoms with Gasteiger partial charge in [-0.1, -0.05) is 0 Å². The minimum atomic E-state index is 0.501. The van der Waals surface area contributed by atoms with Gasteiger partial charge in [0, 0.05) is 6.07 Å². The van der Waals surface area contributed by atoms with Crippen molar-refractivity contribution in [2.45, 2.75) is 0 Å². The molecule has 2 heterocycles. The van der Waals surface area contributed by atoms with E-state index in [4.69, 9.17) is 15.2 Å². The van der Waals surface area contributed by atoms with Crippen LogP contribution in [0.5, 0.6) is 11.5 Å². The van der Waals surface area contributed by atoms with Gasteiger partial charge in [-0.15, -0.1) is 5.10 Å². The van der Waals surface area contributed by atoms with Crippen molar-refractivity contribution in [3.05, 3.63) is 16.9 Å². The SMILES string of the molecule is Nc1c(-n2cnnn2)cc2c(c1Br)OCCO2. The summed E-state index contributed by atoms with van der Waals surface area (Å²) >= 11 is 3.39. The van der Waals surface area contributed by atoms with Gasteiger partial charge < -0.3 is 15.2 Å². The summed E-state index contributed by atoms with van der Waals surface area (Å²) in [6.07, 6.45) is 1.47. The van der Waals surface area contributed by atoms with Crippen molar-refractivity contribution in [2.75, 3.05) is 18.9 Å². The molecule has 1 aromatic carbocycles. The Kier molecular flexibility index (Phi) is 2.36. The van der Waals surface area contributed by atoms with Crippen molar-refractivity contribution in [3.8, 4) is 17.2 Å². The second-order valence-electron chi connectivity index (χ2n) is 3.40. The van der Waals surface area contributed by atoms with Gasteiger partial charge in [0.15, 0.2) is 11.5 Å². The van der Waals surface area contributed by atoms with Crippen LogP contribution in [0.1, 0.15) is 0 Å². The number of rotatable bonds is 1. The summed E-state index contributed by atoms with van der Waals surface area (Å²) in [6, 6.07) is 1.75. The molecular weight excluding hydrogens is 290 g/mol. The molecule has 2 N–H and O–H groups in total. The average molecular weight is 298 g/mol. The quantitative estimate of drug-likeness (QED) is 0.783. The first-order valence-corrected chi connectivity index (χ1v) is 5.67. The van der Waals surface area contributed by atoms with E-state index >= 15 is 0 Å². The molecule has 0 saturated heterocycles. The Morgan fingerprint density at radius 2 is 2.18 bits per heavy atom. The Bertz CT molecular complexity index is 557. The van der Waals surface area contributed by atoms with Crippen LogP contribution < -0.4 is 15.2 Å². The number of tetrazole rings is 1. The summed E-state index contributed by atoms with van der Waals surface area (Å²) in [7, 11) is 0. The van der Waals surface area contributed by atoms with E-state index in [0.717, 1.165) is 0 Å². The van der Waals surface area contributed by atoms with Gasteiger partial charge in [-0.25, -0.2) is 0 Å². The van der Waals surface area contributed by atoms with Gasteiger partial charge in [0.2, 0.25) is 0 Å². The van der Waals surface area contributed by atoms with Crippen molar-refractivity contribution in [1.82, 2.24) is 20.2 Å². The topological polar surface area (TPSA) is 88.1 Å². The first kappa shape index (κ1) is 10.3. The van der Waals surface area contributed by atoms with E-state index in [1.54, 1.807) is 6.07 Å². The van der Waals surface area contributed by atoms with Crippen LogP contribution in [0.25, 0.3) is 5.69 Å². The molecule has 1 aliphatic heterocycles. The third-order valence-corrected chi connectivity index (χ3v) is 3.17. The highest BCUT2D eigenvalue weighted by molar-refractivity contribution is 9.10. The number of nitrogens with two attached hydrogens (primary N) is 1. The summed E-state index contributed by atoms with van der Waals surface area (Å²) in [5, 5.41) is 10.9. The number of aromatic nitrogens is 4. The first-order chi connectivity index (χ1) is 8.27. The van der Waals surface area contributed by atoms with Crippen LogP contribution in [-0.4, -0.2) is 33.4 Å². The smallest absolute Gasteiger partial charge is 0.177 e. The molecule has 17 heavy (non-hydrogen) atoms. The number of ether oxygens (including phenoxy) is 2. The van der Waals surface area contributed by atoms with Crippen molar-refractivity contribution in [1.29, 1.82) is 0 Å². The monoisotopic (exact) mass is 297 g/mol. The van der Waals surface area contributed by atoms with Gasteiger partial charge in [-0.2, -0.15) is 4.68 Å². The van der Waals surface area contributed by atoms with E-state index in [2.05, 4.69) is 31.5 Å². The minimum absolute atomic E-state index is 0.501. The zero-order valence-corrected chi connectivity index (χ0v) is 10.2. The second kappa shape index (κ2) is 3.88. The van der Waals surface area contributed by atoms with Crippen molar-refractivity contribution < 1.29 is 9.47 Å². The molecule has 0 spiro atoms. The molecule has 2 aromatic rings. The molecule has 0 aliphatic carbocycles. The zero-order valence-electron chi connectivity index (χ0n) is 8.63. The maximum absolute atomic E-state index is 6.00. The number of halogens is 1. The molecule has 1 aromatic heterocycles. The fourth-order valence-electron chi connectivity index (χ4n) is 1.61. The van der Waals surface area contributed by atoms with Gasteiger partial charge >= 0.3 is 0 Å². The van der Waals surface area contributed by atoms with Gasteiger partial charge in [0.1, 0.15) is 19.5 Å². The predicted molar refractivity (Wildman–Crippen MR) is 62.3 cm³/mol. The zero-order chi connectivity index (χ0) is 11.8. The number of benzene rings is 1. The van der Waals surface area contributed by atoms with E-state index in [1.807, 2.05) is 0 Å². The normalized spacial score (nSPS) is 13.7.